The summed E-state index contributed by atoms with van der Waals surface area (Å²) in [4.78, 5) is 0. The maximum atomic E-state index is 5.56. The van der Waals surface area contributed by atoms with Gasteiger partial charge in [0.1, 0.15) is 10.6 Å². The standard InChI is InChI=1S/C7H11ClN2OS/c1-7(2,3)11-6-10-9-5(4-8)12-6/h4H2,1-3H3. The van der Waals surface area contributed by atoms with Crippen LogP contribution in [0.15, 0.2) is 0 Å². The molecule has 0 aromatic carbocycles. The number of rotatable bonds is 2. The molecule has 0 fully saturated rings. The molecule has 0 aliphatic carbocycles. The molecular formula is C7H11ClN2OS. The van der Waals surface area contributed by atoms with Gasteiger partial charge in [-0.25, -0.2) is 0 Å². The lowest BCUT2D eigenvalue weighted by molar-refractivity contribution is 0.129. The lowest BCUT2D eigenvalue weighted by Gasteiger charge is -2.17. The van der Waals surface area contributed by atoms with Gasteiger partial charge in [0.2, 0.25) is 0 Å². The molecule has 0 N–H and O–H groups in total. The van der Waals surface area contributed by atoms with Gasteiger partial charge in [0, 0.05) is 0 Å². The average Bonchev–Trinajstić information content (AvgIpc) is 2.32. The first kappa shape index (κ1) is 9.74. The van der Waals surface area contributed by atoms with Gasteiger partial charge in [-0.3, -0.25) is 0 Å². The summed E-state index contributed by atoms with van der Waals surface area (Å²) in [6.45, 7) is 5.90. The van der Waals surface area contributed by atoms with Crippen molar-refractivity contribution in [1.29, 1.82) is 0 Å². The van der Waals surface area contributed by atoms with E-state index in [9.17, 15) is 0 Å². The van der Waals surface area contributed by atoms with Crippen molar-refractivity contribution in [2.75, 3.05) is 0 Å². The maximum Gasteiger partial charge on any atom is 0.294 e. The molecule has 0 amide bonds. The van der Waals surface area contributed by atoms with Gasteiger partial charge < -0.3 is 4.74 Å². The van der Waals surface area contributed by atoms with Crippen LogP contribution in [0.25, 0.3) is 0 Å². The van der Waals surface area contributed by atoms with E-state index in [1.165, 1.54) is 11.3 Å². The van der Waals surface area contributed by atoms with Crippen LogP contribution in [0.3, 0.4) is 0 Å². The fourth-order valence-electron chi connectivity index (χ4n) is 0.595. The number of nitrogens with zero attached hydrogens (tertiary/aromatic N) is 2. The molecule has 0 saturated carbocycles. The molecule has 0 spiro atoms. The summed E-state index contributed by atoms with van der Waals surface area (Å²) in [5.74, 6) is 0.394. The number of hydrogen-bond donors (Lipinski definition) is 0. The van der Waals surface area contributed by atoms with Crippen molar-refractivity contribution in [3.05, 3.63) is 5.01 Å². The number of halogens is 1. The van der Waals surface area contributed by atoms with Crippen LogP contribution in [0.2, 0.25) is 0 Å². The van der Waals surface area contributed by atoms with Crippen LogP contribution < -0.4 is 4.74 Å². The predicted octanol–water partition coefficient (Wildman–Crippen LogP) is 2.45. The summed E-state index contributed by atoms with van der Waals surface area (Å²) in [6.07, 6.45) is 0. The molecule has 0 aliphatic heterocycles. The smallest absolute Gasteiger partial charge is 0.294 e. The zero-order valence-electron chi connectivity index (χ0n) is 7.30. The highest BCUT2D eigenvalue weighted by Gasteiger charge is 2.14. The quantitative estimate of drug-likeness (QED) is 0.698. The van der Waals surface area contributed by atoms with E-state index in [1.54, 1.807) is 0 Å². The molecule has 1 rings (SSSR count). The number of alkyl halides is 1. The van der Waals surface area contributed by atoms with E-state index in [-0.39, 0.29) is 5.60 Å². The summed E-state index contributed by atoms with van der Waals surface area (Å²) in [6, 6.07) is 0. The Hall–Kier alpha value is -0.350. The number of ether oxygens (including phenoxy) is 1. The fraction of sp³-hybridized carbons (Fsp3) is 0.714. The molecule has 0 saturated heterocycles. The molecule has 1 aromatic rings. The van der Waals surface area contributed by atoms with E-state index in [4.69, 9.17) is 16.3 Å². The minimum absolute atomic E-state index is 0.219. The molecule has 1 aromatic heterocycles. The zero-order chi connectivity index (χ0) is 9.19. The topological polar surface area (TPSA) is 35.0 Å². The molecule has 3 nitrogen and oxygen atoms in total. The third-order valence-electron chi connectivity index (χ3n) is 0.956. The van der Waals surface area contributed by atoms with Crippen molar-refractivity contribution in [2.45, 2.75) is 32.3 Å². The highest BCUT2D eigenvalue weighted by atomic mass is 35.5. The van der Waals surface area contributed by atoms with Gasteiger partial charge >= 0.3 is 0 Å². The fourth-order valence-corrected chi connectivity index (χ4v) is 1.52. The van der Waals surface area contributed by atoms with Gasteiger partial charge in [0.15, 0.2) is 0 Å². The highest BCUT2D eigenvalue weighted by Crippen LogP contribution is 2.23. The Bertz CT molecular complexity index is 256. The maximum absolute atomic E-state index is 5.56. The number of hydrogen-bond acceptors (Lipinski definition) is 4. The largest absolute Gasteiger partial charge is 0.463 e. The van der Waals surface area contributed by atoms with Gasteiger partial charge in [0.05, 0.1) is 5.88 Å². The van der Waals surface area contributed by atoms with Crippen molar-refractivity contribution in [3.63, 3.8) is 0 Å². The summed E-state index contributed by atoms with van der Waals surface area (Å²) >= 11 is 6.95. The van der Waals surface area contributed by atoms with Gasteiger partial charge in [-0.15, -0.1) is 16.7 Å². The average molecular weight is 207 g/mol. The Kier molecular flexibility index (Phi) is 2.90. The van der Waals surface area contributed by atoms with Crippen molar-refractivity contribution < 1.29 is 4.74 Å². The minimum Gasteiger partial charge on any atom is -0.463 e. The van der Waals surface area contributed by atoms with Crippen LogP contribution in [0.1, 0.15) is 25.8 Å². The predicted molar refractivity (Wildman–Crippen MR) is 49.8 cm³/mol. The first-order valence-corrected chi connectivity index (χ1v) is 4.94. The lowest BCUT2D eigenvalue weighted by atomic mass is 10.2. The Morgan fingerprint density at radius 3 is 2.50 bits per heavy atom. The minimum atomic E-state index is -0.219. The zero-order valence-corrected chi connectivity index (χ0v) is 8.87. The second-order valence-corrected chi connectivity index (χ2v) is 4.60. The van der Waals surface area contributed by atoms with Crippen LogP contribution in [0, 0.1) is 0 Å². The molecule has 1 heterocycles. The third kappa shape index (κ3) is 2.95. The second kappa shape index (κ2) is 3.58. The van der Waals surface area contributed by atoms with E-state index in [1.807, 2.05) is 20.8 Å². The van der Waals surface area contributed by atoms with Crippen LogP contribution in [-0.2, 0) is 5.88 Å². The van der Waals surface area contributed by atoms with Gasteiger partial charge in [-0.1, -0.05) is 16.4 Å². The van der Waals surface area contributed by atoms with Crippen LogP contribution >= 0.6 is 22.9 Å². The third-order valence-corrected chi connectivity index (χ3v) is 2.17. The number of aromatic nitrogens is 2. The Labute approximate surface area is 80.7 Å². The van der Waals surface area contributed by atoms with E-state index < -0.39 is 0 Å². The van der Waals surface area contributed by atoms with Crippen molar-refractivity contribution in [3.8, 4) is 5.19 Å². The molecule has 0 bridgehead atoms. The van der Waals surface area contributed by atoms with E-state index in [0.29, 0.717) is 11.1 Å². The summed E-state index contributed by atoms with van der Waals surface area (Å²) in [7, 11) is 0. The monoisotopic (exact) mass is 206 g/mol. The Morgan fingerprint density at radius 1 is 1.42 bits per heavy atom. The summed E-state index contributed by atoms with van der Waals surface area (Å²) < 4.78 is 5.47. The molecule has 12 heavy (non-hydrogen) atoms. The Morgan fingerprint density at radius 2 is 2.08 bits per heavy atom. The van der Waals surface area contributed by atoms with E-state index >= 15 is 0 Å². The first-order valence-electron chi connectivity index (χ1n) is 3.58. The first-order chi connectivity index (χ1) is 5.51. The van der Waals surface area contributed by atoms with Crippen molar-refractivity contribution >= 4 is 22.9 Å². The normalized spacial score (nSPS) is 11.7. The molecule has 0 aliphatic rings. The molecule has 0 atom stereocenters. The summed E-state index contributed by atoms with van der Waals surface area (Å²) in [5, 5.41) is 9.03. The highest BCUT2D eigenvalue weighted by molar-refractivity contribution is 7.13. The van der Waals surface area contributed by atoms with Gasteiger partial charge in [0.25, 0.3) is 5.19 Å². The molecule has 68 valence electrons. The van der Waals surface area contributed by atoms with Crippen LogP contribution in [0.5, 0.6) is 5.19 Å². The van der Waals surface area contributed by atoms with Gasteiger partial charge in [-0.2, -0.15) is 0 Å². The van der Waals surface area contributed by atoms with E-state index in [0.717, 1.165) is 5.01 Å². The van der Waals surface area contributed by atoms with Crippen molar-refractivity contribution in [1.82, 2.24) is 10.2 Å². The van der Waals surface area contributed by atoms with Crippen LogP contribution in [0.4, 0.5) is 0 Å². The second-order valence-electron chi connectivity index (χ2n) is 3.31. The SMILES string of the molecule is CC(C)(C)Oc1nnc(CCl)s1. The van der Waals surface area contributed by atoms with Gasteiger partial charge in [-0.05, 0) is 20.8 Å². The molecular weight excluding hydrogens is 196 g/mol. The molecule has 5 heteroatoms. The van der Waals surface area contributed by atoms with Crippen molar-refractivity contribution in [2.24, 2.45) is 0 Å². The van der Waals surface area contributed by atoms with Crippen LogP contribution in [-0.4, -0.2) is 15.8 Å². The van der Waals surface area contributed by atoms with E-state index in [2.05, 4.69) is 10.2 Å². The lowest BCUT2D eigenvalue weighted by Crippen LogP contribution is -2.22. The molecule has 0 unspecified atom stereocenters. The Balaban J connectivity index is 2.64. The molecule has 0 radical (unpaired) electrons. The summed E-state index contributed by atoms with van der Waals surface area (Å²) in [5.41, 5.74) is -0.219.